The van der Waals surface area contributed by atoms with Gasteiger partial charge in [-0.15, -0.1) is 0 Å². The Hall–Kier alpha value is -0.0700. The van der Waals surface area contributed by atoms with Gasteiger partial charge in [-0.1, -0.05) is 0 Å². The van der Waals surface area contributed by atoms with Gasteiger partial charge in [-0.2, -0.15) is 11.8 Å². The monoisotopic (exact) mass is 277 g/mol. The van der Waals surface area contributed by atoms with E-state index in [1.165, 1.54) is 6.26 Å². The summed E-state index contributed by atoms with van der Waals surface area (Å²) in [6.07, 6.45) is 4.38. The molecule has 0 radical (unpaired) electrons. The van der Waals surface area contributed by atoms with Crippen LogP contribution < -0.4 is 0 Å². The predicted molar refractivity (Wildman–Crippen MR) is 69.9 cm³/mol. The number of Topliss-reactive ketones (excluding diaryl/α,β-unsaturated/α-hetero) is 1. The van der Waals surface area contributed by atoms with Crippen LogP contribution in [0.3, 0.4) is 0 Å². The Morgan fingerprint density at radius 2 is 2.18 bits per heavy atom. The lowest BCUT2D eigenvalue weighted by molar-refractivity contribution is -0.122. The van der Waals surface area contributed by atoms with Crippen molar-refractivity contribution in [1.82, 2.24) is 4.90 Å². The van der Waals surface area contributed by atoms with Gasteiger partial charge in [0.2, 0.25) is 0 Å². The Labute approximate surface area is 107 Å². The van der Waals surface area contributed by atoms with Crippen LogP contribution in [0.25, 0.3) is 0 Å². The average molecular weight is 277 g/mol. The zero-order chi connectivity index (χ0) is 12.5. The Kier molecular flexibility index (Phi) is 4.15. The van der Waals surface area contributed by atoms with Gasteiger partial charge < -0.3 is 0 Å². The maximum absolute atomic E-state index is 11.8. The van der Waals surface area contributed by atoms with Gasteiger partial charge in [0.25, 0.3) is 0 Å². The molecule has 17 heavy (non-hydrogen) atoms. The van der Waals surface area contributed by atoms with E-state index in [1.54, 1.807) is 11.8 Å². The van der Waals surface area contributed by atoms with E-state index in [-0.39, 0.29) is 11.8 Å². The van der Waals surface area contributed by atoms with E-state index in [2.05, 4.69) is 4.90 Å². The van der Waals surface area contributed by atoms with Crippen LogP contribution in [0.5, 0.6) is 0 Å². The third-order valence-electron chi connectivity index (χ3n) is 3.54. The summed E-state index contributed by atoms with van der Waals surface area (Å²) in [4.78, 5) is 13.5. The summed E-state index contributed by atoms with van der Waals surface area (Å²) >= 11 is 1.69. The fraction of sp³-hybridized carbons (Fsp3) is 0.909. The van der Waals surface area contributed by atoms with Crippen LogP contribution in [0.4, 0.5) is 0 Å². The number of hydrogen-bond acceptors (Lipinski definition) is 5. The van der Waals surface area contributed by atoms with Gasteiger partial charge in [-0.25, -0.2) is 8.42 Å². The van der Waals surface area contributed by atoms with Gasteiger partial charge in [0.1, 0.15) is 11.2 Å². The van der Waals surface area contributed by atoms with Crippen molar-refractivity contribution in [3.05, 3.63) is 0 Å². The molecule has 0 spiro atoms. The van der Waals surface area contributed by atoms with Crippen LogP contribution in [-0.2, 0) is 14.6 Å². The lowest BCUT2D eigenvalue weighted by Crippen LogP contribution is -2.53. The van der Waals surface area contributed by atoms with Crippen LogP contribution in [0.1, 0.15) is 25.7 Å². The number of carbonyl (C=O) groups excluding carboxylic acids is 1. The topological polar surface area (TPSA) is 54.5 Å². The summed E-state index contributed by atoms with van der Waals surface area (Å²) in [7, 11) is -3.05. The summed E-state index contributed by atoms with van der Waals surface area (Å²) in [6.45, 7) is 0.792. The van der Waals surface area contributed by atoms with Crippen LogP contribution >= 0.6 is 11.8 Å². The molecule has 1 heterocycles. The van der Waals surface area contributed by atoms with Gasteiger partial charge in [0, 0.05) is 43.2 Å². The number of thioether (sulfide) groups is 1. The fourth-order valence-corrected chi connectivity index (χ4v) is 5.61. The number of sulfone groups is 1. The molecule has 0 aromatic rings. The number of rotatable bonds is 2. The van der Waals surface area contributed by atoms with Gasteiger partial charge in [0.15, 0.2) is 9.84 Å². The van der Waals surface area contributed by atoms with Crippen molar-refractivity contribution in [2.45, 2.75) is 37.1 Å². The highest BCUT2D eigenvalue weighted by Gasteiger charge is 2.36. The lowest BCUT2D eigenvalue weighted by Gasteiger charge is -2.41. The van der Waals surface area contributed by atoms with E-state index < -0.39 is 15.2 Å². The summed E-state index contributed by atoms with van der Waals surface area (Å²) in [5.74, 6) is 1.90. The van der Waals surface area contributed by atoms with E-state index in [9.17, 15) is 13.2 Å². The second-order valence-corrected chi connectivity index (χ2v) is 8.24. The second kappa shape index (κ2) is 5.28. The van der Waals surface area contributed by atoms with Gasteiger partial charge >= 0.3 is 0 Å². The molecule has 0 bridgehead atoms. The fourth-order valence-electron chi connectivity index (χ4n) is 2.67. The van der Waals surface area contributed by atoms with Crippen molar-refractivity contribution in [3.63, 3.8) is 0 Å². The Morgan fingerprint density at radius 3 is 2.82 bits per heavy atom. The minimum atomic E-state index is -3.05. The molecule has 98 valence electrons. The first-order valence-electron chi connectivity index (χ1n) is 6.02. The molecule has 4 nitrogen and oxygen atoms in total. The molecule has 0 N–H and O–H groups in total. The van der Waals surface area contributed by atoms with Crippen molar-refractivity contribution in [2.75, 3.05) is 24.3 Å². The normalized spacial score (nSPS) is 32.6. The predicted octanol–water partition coefficient (Wildman–Crippen LogP) is 0.918. The standard InChI is InChI=1S/C11H19NO3S2/c1-17(14,15)11-8-16-6-5-12(11)9-3-2-4-10(13)7-9/h9,11H,2-8H2,1H3. The summed E-state index contributed by atoms with van der Waals surface area (Å²) in [6, 6.07) is 0.150. The van der Waals surface area contributed by atoms with Gasteiger partial charge in [0.05, 0.1) is 0 Å². The van der Waals surface area contributed by atoms with Crippen molar-refractivity contribution < 1.29 is 13.2 Å². The SMILES string of the molecule is CS(=O)(=O)C1CSCCN1C1CCCC(=O)C1. The number of nitrogens with zero attached hydrogens (tertiary/aromatic N) is 1. The van der Waals surface area contributed by atoms with Crippen molar-refractivity contribution in [2.24, 2.45) is 0 Å². The molecular weight excluding hydrogens is 258 g/mol. The van der Waals surface area contributed by atoms with Gasteiger partial charge in [-0.3, -0.25) is 9.69 Å². The third-order valence-corrected chi connectivity index (χ3v) is 6.20. The molecule has 2 fully saturated rings. The first-order chi connectivity index (χ1) is 7.98. The smallest absolute Gasteiger partial charge is 0.164 e. The first-order valence-corrected chi connectivity index (χ1v) is 9.13. The molecule has 2 aliphatic rings. The molecule has 0 aromatic carbocycles. The van der Waals surface area contributed by atoms with Crippen LogP contribution in [-0.4, -0.2) is 54.8 Å². The molecule has 6 heteroatoms. The quantitative estimate of drug-likeness (QED) is 0.751. The molecule has 2 unspecified atom stereocenters. The zero-order valence-electron chi connectivity index (χ0n) is 10.1. The van der Waals surface area contributed by atoms with E-state index in [1.807, 2.05) is 0 Å². The molecule has 1 saturated heterocycles. The molecule has 0 aromatic heterocycles. The van der Waals surface area contributed by atoms with Crippen molar-refractivity contribution in [1.29, 1.82) is 0 Å². The van der Waals surface area contributed by atoms with Crippen LogP contribution in [0, 0.1) is 0 Å². The van der Waals surface area contributed by atoms with Gasteiger partial charge in [-0.05, 0) is 12.8 Å². The average Bonchev–Trinajstić information content (AvgIpc) is 2.28. The molecule has 1 saturated carbocycles. The minimum Gasteiger partial charge on any atom is -0.300 e. The summed E-state index contributed by atoms with van der Waals surface area (Å²) < 4.78 is 23.6. The highest BCUT2D eigenvalue weighted by atomic mass is 32.2. The summed E-state index contributed by atoms with van der Waals surface area (Å²) in [5, 5.41) is -0.392. The van der Waals surface area contributed by atoms with Crippen molar-refractivity contribution in [3.8, 4) is 0 Å². The first kappa shape index (κ1) is 13.4. The third kappa shape index (κ3) is 3.23. The largest absolute Gasteiger partial charge is 0.300 e. The molecule has 2 rings (SSSR count). The highest BCUT2D eigenvalue weighted by molar-refractivity contribution is 8.00. The Morgan fingerprint density at radius 1 is 1.41 bits per heavy atom. The maximum Gasteiger partial charge on any atom is 0.164 e. The molecule has 1 aliphatic carbocycles. The second-order valence-electron chi connectivity index (χ2n) is 4.89. The Bertz CT molecular complexity index is 394. The Balaban J connectivity index is 2.13. The van der Waals surface area contributed by atoms with Crippen LogP contribution in [0.2, 0.25) is 0 Å². The molecule has 0 amide bonds. The molecular formula is C11H19NO3S2. The number of hydrogen-bond donors (Lipinski definition) is 0. The van der Waals surface area contributed by atoms with Crippen molar-refractivity contribution >= 4 is 27.4 Å². The maximum atomic E-state index is 11.8. The van der Waals surface area contributed by atoms with E-state index in [0.717, 1.165) is 25.1 Å². The minimum absolute atomic E-state index is 0.150. The summed E-state index contributed by atoms with van der Waals surface area (Å²) in [5.41, 5.74) is 0. The zero-order valence-corrected chi connectivity index (χ0v) is 11.7. The number of ketones is 1. The lowest BCUT2D eigenvalue weighted by atomic mass is 9.93. The molecule has 2 atom stereocenters. The van der Waals surface area contributed by atoms with E-state index >= 15 is 0 Å². The highest BCUT2D eigenvalue weighted by Crippen LogP contribution is 2.28. The number of carbonyl (C=O) groups is 1. The van der Waals surface area contributed by atoms with E-state index in [0.29, 0.717) is 18.6 Å². The van der Waals surface area contributed by atoms with Crippen LogP contribution in [0.15, 0.2) is 0 Å². The van der Waals surface area contributed by atoms with E-state index in [4.69, 9.17) is 0 Å². The molecule has 1 aliphatic heterocycles.